The monoisotopic (exact) mass is 163 g/mol. The van der Waals surface area contributed by atoms with Crippen LogP contribution >= 0.6 is 0 Å². The van der Waals surface area contributed by atoms with Gasteiger partial charge in [-0.25, -0.2) is 4.99 Å². The predicted molar refractivity (Wildman–Crippen MR) is 48.6 cm³/mol. The molecule has 0 aromatic rings. The molecule has 2 N–H and O–H groups in total. The highest BCUT2D eigenvalue weighted by molar-refractivity contribution is 6.22. The zero-order valence-corrected chi connectivity index (χ0v) is 6.53. The first-order valence-corrected chi connectivity index (χ1v) is 3.32. The number of nitrogens with zero attached hydrogens (tertiary/aromatic N) is 2. The van der Waals surface area contributed by atoms with E-state index in [-0.39, 0.29) is 0 Å². The van der Waals surface area contributed by atoms with E-state index in [1.54, 1.807) is 12.2 Å². The molecule has 4 heteroatoms. The maximum atomic E-state index is 5.48. The minimum Gasteiger partial charge on any atom is -0.380 e. The van der Waals surface area contributed by atoms with E-state index in [1.807, 2.05) is 0 Å². The predicted octanol–water partition coefficient (Wildman–Crippen LogP) is 0.943. The molecule has 0 aromatic carbocycles. The van der Waals surface area contributed by atoms with Crippen LogP contribution in [0.15, 0.2) is 47.2 Å². The highest BCUT2D eigenvalue weighted by atomic mass is 16.6. The normalized spacial score (nSPS) is 22.2. The summed E-state index contributed by atoms with van der Waals surface area (Å²) < 4.78 is 0. The summed E-state index contributed by atoms with van der Waals surface area (Å²) in [6, 6.07) is 0. The average molecular weight is 163 g/mol. The maximum Gasteiger partial charge on any atom is 0.259 e. The number of aliphatic imine (C=N–C) groups is 1. The molecule has 0 saturated carbocycles. The van der Waals surface area contributed by atoms with E-state index in [0.29, 0.717) is 17.3 Å². The summed E-state index contributed by atoms with van der Waals surface area (Å²) in [7, 11) is 0. The van der Waals surface area contributed by atoms with Crippen LogP contribution in [0.3, 0.4) is 0 Å². The Balaban J connectivity index is 2.99. The average Bonchev–Trinajstić information content (AvgIpc) is 2.37. The molecule has 1 aliphatic rings. The van der Waals surface area contributed by atoms with Crippen LogP contribution in [0.25, 0.3) is 0 Å². The van der Waals surface area contributed by atoms with E-state index >= 15 is 0 Å². The molecule has 0 bridgehead atoms. The lowest BCUT2D eigenvalue weighted by atomic mass is 10.2. The van der Waals surface area contributed by atoms with Crippen molar-refractivity contribution in [3.8, 4) is 0 Å². The van der Waals surface area contributed by atoms with E-state index in [4.69, 9.17) is 10.6 Å². The molecule has 1 heterocycles. The second-order valence-electron chi connectivity index (χ2n) is 2.00. The van der Waals surface area contributed by atoms with Crippen LogP contribution < -0.4 is 5.73 Å². The van der Waals surface area contributed by atoms with Crippen molar-refractivity contribution in [2.75, 3.05) is 0 Å². The van der Waals surface area contributed by atoms with Crippen molar-refractivity contribution in [3.05, 3.63) is 37.1 Å². The largest absolute Gasteiger partial charge is 0.380 e. The van der Waals surface area contributed by atoms with Crippen LogP contribution in [0.4, 0.5) is 0 Å². The molecular formula is C8H9N3O. The van der Waals surface area contributed by atoms with Gasteiger partial charge in [0.1, 0.15) is 0 Å². The minimum absolute atomic E-state index is 0.301. The van der Waals surface area contributed by atoms with Gasteiger partial charge >= 0.3 is 0 Å². The summed E-state index contributed by atoms with van der Waals surface area (Å²) in [6.45, 7) is 6.96. The molecule has 0 radical (unpaired) electrons. The molecule has 0 aliphatic carbocycles. The van der Waals surface area contributed by atoms with Crippen molar-refractivity contribution < 1.29 is 4.84 Å². The van der Waals surface area contributed by atoms with Crippen molar-refractivity contribution in [1.29, 1.82) is 0 Å². The number of rotatable bonds is 2. The van der Waals surface area contributed by atoms with Crippen molar-refractivity contribution in [1.82, 2.24) is 0 Å². The third-order valence-corrected chi connectivity index (χ3v) is 1.23. The van der Waals surface area contributed by atoms with E-state index < -0.39 is 0 Å². The first kappa shape index (κ1) is 8.26. The zero-order chi connectivity index (χ0) is 8.97. The molecule has 0 saturated heterocycles. The van der Waals surface area contributed by atoms with Crippen LogP contribution in [0.5, 0.6) is 0 Å². The summed E-state index contributed by atoms with van der Waals surface area (Å²) in [5, 5.41) is 3.54. The smallest absolute Gasteiger partial charge is 0.259 e. The topological polar surface area (TPSA) is 60.0 Å². The quantitative estimate of drug-likeness (QED) is 0.658. The Kier molecular flexibility index (Phi) is 2.42. The maximum absolute atomic E-state index is 5.48. The fraction of sp³-hybridized carbons (Fsp3) is 0. The van der Waals surface area contributed by atoms with Crippen molar-refractivity contribution in [2.45, 2.75) is 0 Å². The third kappa shape index (κ3) is 1.42. The molecule has 62 valence electrons. The number of amidine groups is 1. The van der Waals surface area contributed by atoms with Crippen molar-refractivity contribution in [3.63, 3.8) is 0 Å². The number of hydrogen-bond acceptors (Lipinski definition) is 4. The van der Waals surface area contributed by atoms with Gasteiger partial charge in [0.15, 0.2) is 5.84 Å². The van der Waals surface area contributed by atoms with Gasteiger partial charge in [0.05, 0.1) is 5.57 Å². The molecule has 0 aromatic heterocycles. The lowest BCUT2D eigenvalue weighted by molar-refractivity contribution is 0.341. The zero-order valence-electron chi connectivity index (χ0n) is 6.53. The van der Waals surface area contributed by atoms with E-state index in [0.717, 1.165) is 0 Å². The molecule has 12 heavy (non-hydrogen) atoms. The van der Waals surface area contributed by atoms with Gasteiger partial charge in [0, 0.05) is 6.20 Å². The van der Waals surface area contributed by atoms with Crippen LogP contribution in [0.1, 0.15) is 0 Å². The molecule has 0 atom stereocenters. The Labute approximate surface area is 70.4 Å². The SMILES string of the molecule is C=C/C=C1/C(N)=NO/C1=N/C=C. The van der Waals surface area contributed by atoms with Gasteiger partial charge in [0.2, 0.25) is 0 Å². The standard InChI is InChI=1S/C8H9N3O/c1-3-5-6-7(9)11-12-8(6)10-4-2/h3-5H,1-2H2,(H2,9,11)/b6-5-,10-8+. The van der Waals surface area contributed by atoms with Gasteiger partial charge in [-0.1, -0.05) is 24.4 Å². The molecular weight excluding hydrogens is 154 g/mol. The Morgan fingerprint density at radius 1 is 1.50 bits per heavy atom. The van der Waals surface area contributed by atoms with Gasteiger partial charge < -0.3 is 10.6 Å². The Hall–Kier alpha value is -1.84. The van der Waals surface area contributed by atoms with Gasteiger partial charge in [-0.2, -0.15) is 0 Å². The van der Waals surface area contributed by atoms with Gasteiger partial charge in [-0.05, 0) is 6.08 Å². The van der Waals surface area contributed by atoms with Crippen LogP contribution in [-0.2, 0) is 4.84 Å². The molecule has 0 fully saturated rings. The highest BCUT2D eigenvalue weighted by Gasteiger charge is 2.19. The highest BCUT2D eigenvalue weighted by Crippen LogP contribution is 2.09. The fourth-order valence-corrected chi connectivity index (χ4v) is 0.751. The third-order valence-electron chi connectivity index (χ3n) is 1.23. The summed E-state index contributed by atoms with van der Waals surface area (Å²) in [4.78, 5) is 8.62. The van der Waals surface area contributed by atoms with Crippen LogP contribution in [0, 0.1) is 0 Å². The lowest BCUT2D eigenvalue weighted by Gasteiger charge is -1.92. The first-order chi connectivity index (χ1) is 5.79. The van der Waals surface area contributed by atoms with Crippen LogP contribution in [0.2, 0.25) is 0 Å². The van der Waals surface area contributed by atoms with E-state index in [2.05, 4.69) is 23.3 Å². The Morgan fingerprint density at radius 3 is 2.83 bits per heavy atom. The number of allylic oxidation sites excluding steroid dienone is 2. The van der Waals surface area contributed by atoms with Gasteiger partial charge in [-0.15, -0.1) is 0 Å². The molecule has 1 rings (SSSR count). The summed E-state index contributed by atoms with van der Waals surface area (Å²) in [5.41, 5.74) is 6.11. The molecule has 1 aliphatic heterocycles. The first-order valence-electron chi connectivity index (χ1n) is 3.32. The molecule has 0 spiro atoms. The second-order valence-corrected chi connectivity index (χ2v) is 2.00. The van der Waals surface area contributed by atoms with Gasteiger partial charge in [0.25, 0.3) is 5.90 Å². The van der Waals surface area contributed by atoms with Crippen molar-refractivity contribution >= 4 is 11.7 Å². The molecule has 4 nitrogen and oxygen atoms in total. The molecule has 0 amide bonds. The summed E-state index contributed by atoms with van der Waals surface area (Å²) in [5.74, 6) is 0.651. The van der Waals surface area contributed by atoms with Gasteiger partial charge in [-0.3, -0.25) is 0 Å². The number of hydrogen-bond donors (Lipinski definition) is 1. The minimum atomic E-state index is 0.301. The second kappa shape index (κ2) is 3.52. The summed E-state index contributed by atoms with van der Waals surface area (Å²) >= 11 is 0. The summed E-state index contributed by atoms with van der Waals surface area (Å²) in [6.07, 6.45) is 4.62. The van der Waals surface area contributed by atoms with E-state index in [1.165, 1.54) is 6.20 Å². The number of nitrogens with two attached hydrogens (primary N) is 1. The number of oxime groups is 1. The Morgan fingerprint density at radius 2 is 2.25 bits per heavy atom. The lowest BCUT2D eigenvalue weighted by Crippen LogP contribution is -2.14. The van der Waals surface area contributed by atoms with Crippen molar-refractivity contribution in [2.24, 2.45) is 15.9 Å². The van der Waals surface area contributed by atoms with Crippen LogP contribution in [-0.4, -0.2) is 11.7 Å². The van der Waals surface area contributed by atoms with E-state index in [9.17, 15) is 0 Å². The molecule has 0 unspecified atom stereocenters. The Bertz CT molecular complexity index is 299. The fourth-order valence-electron chi connectivity index (χ4n) is 0.751.